The number of aromatic nitrogens is 2. The van der Waals surface area contributed by atoms with Gasteiger partial charge in [0.05, 0.1) is 29.6 Å². The summed E-state index contributed by atoms with van der Waals surface area (Å²) >= 11 is 1.05. The lowest BCUT2D eigenvalue weighted by atomic mass is 9.98. The minimum absolute atomic E-state index is 0.281. The molecule has 2 heterocycles. The Bertz CT molecular complexity index is 919. The number of ether oxygens (including phenoxy) is 1. The van der Waals surface area contributed by atoms with Gasteiger partial charge in [-0.2, -0.15) is 8.75 Å². The van der Waals surface area contributed by atoms with Gasteiger partial charge in [0, 0.05) is 13.1 Å². The van der Waals surface area contributed by atoms with Crippen molar-refractivity contribution >= 4 is 50.3 Å². The van der Waals surface area contributed by atoms with Crippen molar-refractivity contribution in [2.24, 2.45) is 5.92 Å². The fourth-order valence-corrected chi connectivity index (χ4v) is 4.19. The van der Waals surface area contributed by atoms with Crippen LogP contribution in [0.2, 0.25) is 0 Å². The SMILES string of the molecule is CS(=O)(=O)N1CCC(C(=O)OCC(=O)Nc2cccc3nsnc23)CC1. The molecule has 1 aromatic heterocycles. The molecule has 1 aliphatic rings. The zero-order valence-corrected chi connectivity index (χ0v) is 15.7. The molecule has 3 rings (SSSR count). The fourth-order valence-electron chi connectivity index (χ4n) is 2.77. The first-order valence-corrected chi connectivity index (χ1v) is 10.6. The molecule has 9 nitrogen and oxygen atoms in total. The second kappa shape index (κ2) is 7.64. The molecule has 1 N–H and O–H groups in total. The predicted octanol–water partition coefficient (Wildman–Crippen LogP) is 0.845. The number of fused-ring (bicyclic) bond motifs is 1. The summed E-state index contributed by atoms with van der Waals surface area (Å²) in [7, 11) is -3.24. The van der Waals surface area contributed by atoms with E-state index in [1.165, 1.54) is 4.31 Å². The standard InChI is InChI=1S/C15H18N4O5S2/c1-26(22,23)19-7-5-10(6-8-19)15(21)24-9-13(20)16-11-3-2-4-12-14(11)18-25-17-12/h2-4,10H,5-9H2,1H3,(H,16,20). The van der Waals surface area contributed by atoms with E-state index in [0.717, 1.165) is 18.0 Å². The summed E-state index contributed by atoms with van der Waals surface area (Å²) in [5.41, 5.74) is 1.78. The lowest BCUT2D eigenvalue weighted by molar-refractivity contribution is -0.152. The van der Waals surface area contributed by atoms with Crippen LogP contribution in [-0.2, 0) is 24.3 Å². The van der Waals surface area contributed by atoms with Crippen molar-refractivity contribution in [2.75, 3.05) is 31.3 Å². The Kier molecular flexibility index (Phi) is 5.49. The van der Waals surface area contributed by atoms with E-state index in [0.29, 0.717) is 29.6 Å². The van der Waals surface area contributed by atoms with Crippen molar-refractivity contribution in [2.45, 2.75) is 12.8 Å². The molecule has 0 radical (unpaired) electrons. The van der Waals surface area contributed by atoms with Gasteiger partial charge >= 0.3 is 5.97 Å². The molecule has 0 aliphatic carbocycles. The fraction of sp³-hybridized carbons (Fsp3) is 0.467. The first-order valence-electron chi connectivity index (χ1n) is 7.97. The molecule has 0 unspecified atom stereocenters. The number of carbonyl (C=O) groups excluding carboxylic acids is 2. The van der Waals surface area contributed by atoms with Crippen LogP contribution >= 0.6 is 11.7 Å². The second-order valence-electron chi connectivity index (χ2n) is 6.03. The number of esters is 1. The summed E-state index contributed by atoms with van der Waals surface area (Å²) in [6.07, 6.45) is 1.92. The summed E-state index contributed by atoms with van der Waals surface area (Å²) in [4.78, 5) is 24.1. The maximum absolute atomic E-state index is 12.1. The van der Waals surface area contributed by atoms with E-state index >= 15 is 0 Å². The summed E-state index contributed by atoms with van der Waals surface area (Å²) in [5, 5.41) is 2.66. The maximum Gasteiger partial charge on any atom is 0.309 e. The number of sulfonamides is 1. The number of hydrogen-bond donors (Lipinski definition) is 1. The number of nitrogens with zero attached hydrogens (tertiary/aromatic N) is 3. The third-order valence-electron chi connectivity index (χ3n) is 4.16. The van der Waals surface area contributed by atoms with Gasteiger partial charge in [-0.1, -0.05) is 6.07 Å². The minimum atomic E-state index is -3.24. The van der Waals surface area contributed by atoms with Gasteiger partial charge in [0.15, 0.2) is 6.61 Å². The van der Waals surface area contributed by atoms with E-state index in [2.05, 4.69) is 14.1 Å². The Balaban J connectivity index is 1.49. The molecule has 2 aromatic rings. The Morgan fingerprint density at radius 3 is 2.73 bits per heavy atom. The van der Waals surface area contributed by atoms with Crippen LogP contribution in [-0.4, -0.2) is 59.3 Å². The average Bonchev–Trinajstić information content (AvgIpc) is 3.09. The van der Waals surface area contributed by atoms with Gasteiger partial charge in [-0.25, -0.2) is 12.7 Å². The summed E-state index contributed by atoms with van der Waals surface area (Å²) in [6.45, 7) is 0.159. The number of hydrogen-bond acceptors (Lipinski definition) is 8. The second-order valence-corrected chi connectivity index (χ2v) is 8.54. The predicted molar refractivity (Wildman–Crippen MR) is 96.1 cm³/mol. The Morgan fingerprint density at radius 1 is 1.31 bits per heavy atom. The molecule has 1 saturated heterocycles. The lowest BCUT2D eigenvalue weighted by Gasteiger charge is -2.28. The van der Waals surface area contributed by atoms with Gasteiger partial charge in [0.1, 0.15) is 11.0 Å². The van der Waals surface area contributed by atoms with Crippen LogP contribution < -0.4 is 5.32 Å². The molecule has 1 aromatic carbocycles. The molecule has 0 bridgehead atoms. The minimum Gasteiger partial charge on any atom is -0.455 e. The number of carbonyl (C=O) groups is 2. The highest BCUT2D eigenvalue weighted by Gasteiger charge is 2.30. The summed E-state index contributed by atoms with van der Waals surface area (Å²) < 4.78 is 37.6. The zero-order valence-electron chi connectivity index (χ0n) is 14.0. The van der Waals surface area contributed by atoms with Crippen LogP contribution in [0.5, 0.6) is 0 Å². The first-order chi connectivity index (χ1) is 12.3. The third-order valence-corrected chi connectivity index (χ3v) is 6.01. The lowest BCUT2D eigenvalue weighted by Crippen LogP contribution is -2.40. The Labute approximate surface area is 154 Å². The van der Waals surface area contributed by atoms with Crippen molar-refractivity contribution in [1.29, 1.82) is 0 Å². The highest BCUT2D eigenvalue weighted by Crippen LogP contribution is 2.22. The monoisotopic (exact) mass is 398 g/mol. The van der Waals surface area contributed by atoms with Crippen molar-refractivity contribution < 1.29 is 22.7 Å². The van der Waals surface area contributed by atoms with E-state index in [9.17, 15) is 18.0 Å². The molecule has 26 heavy (non-hydrogen) atoms. The average molecular weight is 398 g/mol. The molecule has 1 aliphatic heterocycles. The van der Waals surface area contributed by atoms with Gasteiger partial charge in [0.2, 0.25) is 10.0 Å². The first kappa shape index (κ1) is 18.7. The van der Waals surface area contributed by atoms with Crippen molar-refractivity contribution in [1.82, 2.24) is 13.1 Å². The molecule has 0 atom stereocenters. The van der Waals surface area contributed by atoms with E-state index in [1.54, 1.807) is 18.2 Å². The van der Waals surface area contributed by atoms with Crippen LogP contribution in [0, 0.1) is 5.92 Å². The van der Waals surface area contributed by atoms with Gasteiger partial charge in [-0.15, -0.1) is 0 Å². The molecule has 1 fully saturated rings. The van der Waals surface area contributed by atoms with Crippen LogP contribution in [0.25, 0.3) is 11.0 Å². The molecule has 140 valence electrons. The Morgan fingerprint density at radius 2 is 2.04 bits per heavy atom. The molecule has 11 heteroatoms. The van der Waals surface area contributed by atoms with Gasteiger partial charge < -0.3 is 10.1 Å². The summed E-state index contributed by atoms with van der Waals surface area (Å²) in [6, 6.07) is 5.24. The van der Waals surface area contributed by atoms with Gasteiger partial charge in [0.25, 0.3) is 5.91 Å². The topological polar surface area (TPSA) is 119 Å². The number of rotatable bonds is 5. The molecule has 0 spiro atoms. The smallest absolute Gasteiger partial charge is 0.309 e. The van der Waals surface area contributed by atoms with E-state index < -0.39 is 34.4 Å². The van der Waals surface area contributed by atoms with Gasteiger partial charge in [-0.05, 0) is 25.0 Å². The van der Waals surface area contributed by atoms with E-state index in [4.69, 9.17) is 4.74 Å². The highest BCUT2D eigenvalue weighted by molar-refractivity contribution is 7.88. The number of anilines is 1. The molecule has 0 saturated carbocycles. The largest absolute Gasteiger partial charge is 0.455 e. The Hall–Kier alpha value is -2.11. The molecular formula is C15H18N4O5S2. The van der Waals surface area contributed by atoms with Crippen LogP contribution in [0.4, 0.5) is 5.69 Å². The zero-order chi connectivity index (χ0) is 18.7. The molecule has 1 amide bonds. The normalized spacial score (nSPS) is 16.5. The van der Waals surface area contributed by atoms with E-state index in [-0.39, 0.29) is 13.1 Å². The number of benzene rings is 1. The van der Waals surface area contributed by atoms with Crippen LogP contribution in [0.3, 0.4) is 0 Å². The highest BCUT2D eigenvalue weighted by atomic mass is 32.2. The quantitative estimate of drug-likeness (QED) is 0.742. The van der Waals surface area contributed by atoms with E-state index in [1.807, 2.05) is 0 Å². The van der Waals surface area contributed by atoms with Crippen LogP contribution in [0.1, 0.15) is 12.8 Å². The van der Waals surface area contributed by atoms with Crippen molar-refractivity contribution in [3.05, 3.63) is 18.2 Å². The van der Waals surface area contributed by atoms with Crippen molar-refractivity contribution in [3.8, 4) is 0 Å². The van der Waals surface area contributed by atoms with Gasteiger partial charge in [-0.3, -0.25) is 9.59 Å². The summed E-state index contributed by atoms with van der Waals surface area (Å²) in [5.74, 6) is -1.35. The number of piperidine rings is 1. The van der Waals surface area contributed by atoms with Crippen LogP contribution in [0.15, 0.2) is 18.2 Å². The number of nitrogens with one attached hydrogen (secondary N) is 1. The number of amides is 1. The molecular weight excluding hydrogens is 380 g/mol. The van der Waals surface area contributed by atoms with Crippen molar-refractivity contribution in [3.63, 3.8) is 0 Å². The maximum atomic E-state index is 12.1. The third kappa shape index (κ3) is 4.34.